The average Bonchev–Trinajstić information content (AvgIpc) is 2.15. The summed E-state index contributed by atoms with van der Waals surface area (Å²) in [5.74, 6) is -1.06. The van der Waals surface area contributed by atoms with Crippen LogP contribution in [0.3, 0.4) is 0 Å². The Morgan fingerprint density at radius 1 is 1.38 bits per heavy atom. The Bertz CT molecular complexity index is 194. The first kappa shape index (κ1) is 18.8. The molecular weight excluding hydrogens is 285 g/mol. The minimum Gasteiger partial charge on any atom is -0.550 e. The van der Waals surface area contributed by atoms with Gasteiger partial charge in [-0.2, -0.15) is 6.42 Å². The first-order valence-electron chi connectivity index (χ1n) is 5.15. The van der Waals surface area contributed by atoms with Gasteiger partial charge in [0.2, 0.25) is 0 Å². The van der Waals surface area contributed by atoms with Crippen LogP contribution in [0, 0.1) is 13.8 Å². The van der Waals surface area contributed by atoms with Crippen LogP contribution in [0.2, 0.25) is 0 Å². The molecule has 1 radical (unpaired) electrons. The van der Waals surface area contributed by atoms with Gasteiger partial charge in [-0.1, -0.05) is 19.3 Å². The fourth-order valence-corrected chi connectivity index (χ4v) is 1.31. The van der Waals surface area contributed by atoms with E-state index in [2.05, 4.69) is 13.8 Å². The number of hydrogen-bond donors (Lipinski definition) is 2. The Morgan fingerprint density at radius 3 is 2.38 bits per heavy atom. The number of carbonyl (C=O) groups is 1. The largest absolute Gasteiger partial charge is 0.550 e. The number of unbranched alkanes of at least 4 members (excludes halogenated alkanes) is 2. The van der Waals surface area contributed by atoms with Crippen LogP contribution in [-0.2, 0) is 37.5 Å². The van der Waals surface area contributed by atoms with Gasteiger partial charge in [-0.05, 0) is 18.4 Å². The van der Waals surface area contributed by atoms with Gasteiger partial charge < -0.3 is 34.0 Å². The van der Waals surface area contributed by atoms with E-state index in [0.717, 1.165) is 0 Å². The molecular formula is C11H19O4Y-3. The van der Waals surface area contributed by atoms with Gasteiger partial charge in [0.15, 0.2) is 0 Å². The summed E-state index contributed by atoms with van der Waals surface area (Å²) in [5.41, 5.74) is -1.37. The summed E-state index contributed by atoms with van der Waals surface area (Å²) in [5, 5.41) is 29.1. The molecule has 93 valence electrons. The van der Waals surface area contributed by atoms with E-state index in [1.54, 1.807) is 0 Å². The van der Waals surface area contributed by atoms with Crippen LogP contribution in [0.1, 0.15) is 38.5 Å². The molecule has 0 rings (SSSR count). The van der Waals surface area contributed by atoms with Crippen LogP contribution >= 0.6 is 0 Å². The summed E-state index contributed by atoms with van der Waals surface area (Å²) < 4.78 is 0. The van der Waals surface area contributed by atoms with E-state index in [9.17, 15) is 20.1 Å². The molecule has 0 unspecified atom stereocenters. The second kappa shape index (κ2) is 9.52. The zero-order valence-electron chi connectivity index (χ0n) is 9.52. The first-order valence-corrected chi connectivity index (χ1v) is 5.15. The van der Waals surface area contributed by atoms with Crippen molar-refractivity contribution >= 4 is 5.97 Å². The quantitative estimate of drug-likeness (QED) is 0.482. The number of rotatable bonds is 8. The minimum absolute atomic E-state index is 0. The fraction of sp³-hybridized carbons (Fsp3) is 0.727. The van der Waals surface area contributed by atoms with Gasteiger partial charge in [-0.15, -0.1) is 0 Å². The van der Waals surface area contributed by atoms with Crippen molar-refractivity contribution in [3.8, 4) is 0 Å². The molecule has 0 bridgehead atoms. The van der Waals surface area contributed by atoms with E-state index in [4.69, 9.17) is 0 Å². The summed E-state index contributed by atoms with van der Waals surface area (Å²) in [6, 6.07) is 0. The van der Waals surface area contributed by atoms with E-state index in [0.29, 0.717) is 25.7 Å². The topological polar surface area (TPSA) is 80.6 Å². The normalized spacial score (nSPS) is 16.0. The molecule has 0 aromatic heterocycles. The Morgan fingerprint density at radius 2 is 1.94 bits per heavy atom. The Hall–Kier alpha value is 0.494. The van der Waals surface area contributed by atoms with Gasteiger partial charge in [0, 0.05) is 44.8 Å². The van der Waals surface area contributed by atoms with E-state index in [-0.39, 0.29) is 45.6 Å². The second-order valence-corrected chi connectivity index (χ2v) is 3.84. The molecule has 4 nitrogen and oxygen atoms in total. The molecule has 0 saturated heterocycles. The van der Waals surface area contributed by atoms with Crippen molar-refractivity contribution in [1.29, 1.82) is 0 Å². The molecule has 5 heteroatoms. The van der Waals surface area contributed by atoms with Gasteiger partial charge in [-0.25, -0.2) is 0 Å². The SMILES string of the molecule is [CH2-]C[C@H](O)[C@]([CH2-])(O)CCCCCC(=O)[O-].[Y]. The standard InChI is InChI=1S/C11H20O4.Y/c1-3-9(12)11(2,15)8-6-4-5-7-10(13)14;/h9,12,15H,1-8H2,(H,13,14);/q-2;/p-1/t9-,11+;/m0./s1. The maximum Gasteiger partial charge on any atom is 0.0414 e. The maximum absolute atomic E-state index is 10.1. The molecule has 16 heavy (non-hydrogen) atoms. The zero-order valence-corrected chi connectivity index (χ0v) is 12.4. The molecule has 2 N–H and O–H groups in total. The Kier molecular flexibility index (Phi) is 11.2. The van der Waals surface area contributed by atoms with Gasteiger partial charge in [-0.3, -0.25) is 0 Å². The fourth-order valence-electron chi connectivity index (χ4n) is 1.31. The number of aliphatic hydroxyl groups is 2. The molecule has 0 spiro atoms. The van der Waals surface area contributed by atoms with Crippen molar-refractivity contribution in [3.63, 3.8) is 0 Å². The summed E-state index contributed by atoms with van der Waals surface area (Å²) in [6.07, 6.45) is 1.49. The molecule has 0 amide bonds. The summed E-state index contributed by atoms with van der Waals surface area (Å²) in [6.45, 7) is 6.99. The average molecular weight is 304 g/mol. The Labute approximate surface area is 122 Å². The number of carboxylic acid groups (broad SMARTS) is 1. The molecule has 0 aliphatic carbocycles. The smallest absolute Gasteiger partial charge is 0.0414 e. The summed E-state index contributed by atoms with van der Waals surface area (Å²) in [4.78, 5) is 10.1. The van der Waals surface area contributed by atoms with Gasteiger partial charge in [0.25, 0.3) is 0 Å². The summed E-state index contributed by atoms with van der Waals surface area (Å²) in [7, 11) is 0. The third-order valence-electron chi connectivity index (χ3n) is 2.38. The van der Waals surface area contributed by atoms with Gasteiger partial charge in [0.1, 0.15) is 0 Å². The number of carbonyl (C=O) groups excluding carboxylic acids is 1. The molecule has 0 aromatic rings. The van der Waals surface area contributed by atoms with Crippen molar-refractivity contribution in [2.45, 2.75) is 50.2 Å². The zero-order chi connectivity index (χ0) is 11.9. The van der Waals surface area contributed by atoms with Crippen molar-refractivity contribution < 1.29 is 52.8 Å². The third-order valence-corrected chi connectivity index (χ3v) is 2.38. The first-order chi connectivity index (χ1) is 6.90. The predicted molar refractivity (Wildman–Crippen MR) is 54.4 cm³/mol. The molecule has 0 heterocycles. The monoisotopic (exact) mass is 304 g/mol. The van der Waals surface area contributed by atoms with Crippen LogP contribution < -0.4 is 5.11 Å². The molecule has 0 saturated carbocycles. The van der Waals surface area contributed by atoms with Crippen LogP contribution in [0.15, 0.2) is 0 Å². The maximum atomic E-state index is 10.1. The van der Waals surface area contributed by atoms with Crippen LogP contribution in [0.4, 0.5) is 0 Å². The molecule has 0 fully saturated rings. The molecule has 0 aliphatic rings. The van der Waals surface area contributed by atoms with Crippen LogP contribution in [0.25, 0.3) is 0 Å². The Balaban J connectivity index is 0. The van der Waals surface area contributed by atoms with E-state index in [1.807, 2.05) is 0 Å². The number of aliphatic carboxylic acids is 1. The molecule has 2 atom stereocenters. The predicted octanol–water partition coefficient (Wildman–Crippen LogP) is -0.165. The van der Waals surface area contributed by atoms with Crippen molar-refractivity contribution in [2.24, 2.45) is 0 Å². The number of hydrogen-bond acceptors (Lipinski definition) is 4. The van der Waals surface area contributed by atoms with Crippen LogP contribution in [0.5, 0.6) is 0 Å². The van der Waals surface area contributed by atoms with Crippen molar-refractivity contribution in [3.05, 3.63) is 13.8 Å². The second-order valence-electron chi connectivity index (χ2n) is 3.84. The van der Waals surface area contributed by atoms with Gasteiger partial charge in [0.05, 0.1) is 0 Å². The van der Waals surface area contributed by atoms with E-state index >= 15 is 0 Å². The van der Waals surface area contributed by atoms with Crippen molar-refractivity contribution in [1.82, 2.24) is 0 Å². The number of carboxylic acids is 1. The third kappa shape index (κ3) is 8.62. The van der Waals surface area contributed by atoms with E-state index < -0.39 is 17.7 Å². The van der Waals surface area contributed by atoms with Crippen LogP contribution in [-0.4, -0.2) is 27.9 Å². The molecule has 0 aromatic carbocycles. The molecule has 0 aliphatic heterocycles. The van der Waals surface area contributed by atoms with Crippen molar-refractivity contribution in [2.75, 3.05) is 0 Å². The minimum atomic E-state index is -1.37. The van der Waals surface area contributed by atoms with E-state index in [1.165, 1.54) is 0 Å². The summed E-state index contributed by atoms with van der Waals surface area (Å²) >= 11 is 0. The number of aliphatic hydroxyl groups excluding tert-OH is 1. The van der Waals surface area contributed by atoms with Gasteiger partial charge >= 0.3 is 0 Å².